The van der Waals surface area contributed by atoms with Gasteiger partial charge < -0.3 is 10.5 Å². The number of hydrogen-bond donors (Lipinski definition) is 1. The Morgan fingerprint density at radius 2 is 2.27 bits per heavy atom. The highest BCUT2D eigenvalue weighted by atomic mass is 19.3. The van der Waals surface area contributed by atoms with Gasteiger partial charge in [0.05, 0.1) is 18.2 Å². The van der Waals surface area contributed by atoms with Crippen molar-refractivity contribution in [3.05, 3.63) is 21.9 Å². The van der Waals surface area contributed by atoms with Crippen LogP contribution in [0.2, 0.25) is 0 Å². The molecule has 1 heterocycles. The summed E-state index contributed by atoms with van der Waals surface area (Å²) in [5, 5.41) is 10.5. The van der Waals surface area contributed by atoms with Crippen LogP contribution in [-0.2, 0) is 0 Å². The minimum atomic E-state index is -3.05. The number of nitro groups is 1. The molecule has 0 bridgehead atoms. The summed E-state index contributed by atoms with van der Waals surface area (Å²) in [5.74, 6) is -0.915. The van der Waals surface area contributed by atoms with Gasteiger partial charge in [-0.1, -0.05) is 0 Å². The van der Waals surface area contributed by atoms with Crippen LogP contribution in [0, 0.1) is 10.1 Å². The van der Waals surface area contributed by atoms with Crippen molar-refractivity contribution in [1.82, 2.24) is 4.98 Å². The molecule has 0 aliphatic carbocycles. The SMILES string of the molecule is COc1cnc(N)c([N+](=O)[O-])c1C(F)F. The van der Waals surface area contributed by atoms with Crippen molar-refractivity contribution in [1.29, 1.82) is 0 Å². The lowest BCUT2D eigenvalue weighted by atomic mass is 10.2. The zero-order valence-electron chi connectivity index (χ0n) is 7.61. The number of nitrogens with zero attached hydrogens (tertiary/aromatic N) is 2. The Labute approximate surface area is 82.8 Å². The molecule has 0 amide bonds. The third-order valence-corrected chi connectivity index (χ3v) is 1.70. The van der Waals surface area contributed by atoms with Crippen LogP contribution < -0.4 is 10.5 Å². The Balaban J connectivity index is 3.51. The van der Waals surface area contributed by atoms with Gasteiger partial charge in [0, 0.05) is 0 Å². The van der Waals surface area contributed by atoms with Crippen LogP contribution in [0.5, 0.6) is 5.75 Å². The molecule has 82 valence electrons. The molecule has 0 unspecified atom stereocenters. The number of aromatic nitrogens is 1. The number of alkyl halides is 2. The Morgan fingerprint density at radius 1 is 1.67 bits per heavy atom. The van der Waals surface area contributed by atoms with Crippen LogP contribution in [0.25, 0.3) is 0 Å². The summed E-state index contributed by atoms with van der Waals surface area (Å²) in [6.07, 6.45) is -2.13. The molecule has 0 spiro atoms. The van der Waals surface area contributed by atoms with Crippen molar-refractivity contribution in [3.8, 4) is 5.75 Å². The van der Waals surface area contributed by atoms with Crippen LogP contribution in [0.15, 0.2) is 6.20 Å². The van der Waals surface area contributed by atoms with Crippen LogP contribution in [0.1, 0.15) is 12.0 Å². The van der Waals surface area contributed by atoms with E-state index in [1.165, 1.54) is 0 Å². The van der Waals surface area contributed by atoms with Gasteiger partial charge in [0.1, 0.15) is 5.56 Å². The van der Waals surface area contributed by atoms with Crippen molar-refractivity contribution in [2.75, 3.05) is 12.8 Å². The summed E-state index contributed by atoms with van der Waals surface area (Å²) < 4.78 is 29.6. The zero-order chi connectivity index (χ0) is 11.6. The maximum atomic E-state index is 12.5. The number of nitrogen functional groups attached to an aromatic ring is 1. The second kappa shape index (κ2) is 4.03. The first-order valence-electron chi connectivity index (χ1n) is 3.74. The number of pyridine rings is 1. The fourth-order valence-corrected chi connectivity index (χ4v) is 1.08. The van der Waals surface area contributed by atoms with Crippen molar-refractivity contribution < 1.29 is 18.4 Å². The van der Waals surface area contributed by atoms with Crippen LogP contribution in [-0.4, -0.2) is 17.0 Å². The second-order valence-electron chi connectivity index (χ2n) is 2.53. The van der Waals surface area contributed by atoms with E-state index in [0.717, 1.165) is 13.3 Å². The molecule has 2 N–H and O–H groups in total. The summed E-state index contributed by atoms with van der Waals surface area (Å²) in [5.41, 5.74) is 3.38. The monoisotopic (exact) mass is 219 g/mol. The topological polar surface area (TPSA) is 91.3 Å². The lowest BCUT2D eigenvalue weighted by Crippen LogP contribution is -2.05. The van der Waals surface area contributed by atoms with Gasteiger partial charge in [-0.3, -0.25) is 10.1 Å². The average molecular weight is 219 g/mol. The van der Waals surface area contributed by atoms with Crippen LogP contribution in [0.4, 0.5) is 20.3 Å². The van der Waals surface area contributed by atoms with Crippen LogP contribution >= 0.6 is 0 Å². The van der Waals surface area contributed by atoms with Crippen molar-refractivity contribution in [2.45, 2.75) is 6.43 Å². The zero-order valence-corrected chi connectivity index (χ0v) is 7.61. The Hall–Kier alpha value is -1.99. The van der Waals surface area contributed by atoms with E-state index in [0.29, 0.717) is 0 Å². The van der Waals surface area contributed by atoms with Gasteiger partial charge in [-0.05, 0) is 0 Å². The maximum absolute atomic E-state index is 12.5. The predicted molar refractivity (Wildman–Crippen MR) is 46.8 cm³/mol. The van der Waals surface area contributed by atoms with E-state index in [2.05, 4.69) is 9.72 Å². The third-order valence-electron chi connectivity index (χ3n) is 1.70. The molecule has 6 nitrogen and oxygen atoms in total. The first-order valence-corrected chi connectivity index (χ1v) is 3.74. The molecular formula is C7H7F2N3O3. The Morgan fingerprint density at radius 3 is 2.67 bits per heavy atom. The standard InChI is InChI=1S/C7H7F2N3O3/c1-15-3-2-11-7(10)5(12(13)14)4(3)6(8)9/h2,6H,1H3,(H2,10,11). The highest BCUT2D eigenvalue weighted by Gasteiger charge is 2.30. The van der Waals surface area contributed by atoms with Gasteiger partial charge in [0.15, 0.2) is 5.75 Å². The highest BCUT2D eigenvalue weighted by molar-refractivity contribution is 5.62. The molecule has 0 atom stereocenters. The number of halogens is 2. The largest absolute Gasteiger partial charge is 0.494 e. The summed E-state index contributed by atoms with van der Waals surface area (Å²) in [4.78, 5) is 12.9. The highest BCUT2D eigenvalue weighted by Crippen LogP contribution is 2.38. The molecule has 0 fully saturated rings. The molecule has 0 saturated carbocycles. The van der Waals surface area contributed by atoms with Crippen LogP contribution in [0.3, 0.4) is 0 Å². The maximum Gasteiger partial charge on any atom is 0.323 e. The molecule has 15 heavy (non-hydrogen) atoms. The summed E-state index contributed by atoms with van der Waals surface area (Å²) in [6, 6.07) is 0. The molecule has 1 rings (SSSR count). The quantitative estimate of drug-likeness (QED) is 0.614. The number of methoxy groups -OCH3 is 1. The predicted octanol–water partition coefficient (Wildman–Crippen LogP) is 1.52. The average Bonchev–Trinajstić information content (AvgIpc) is 2.16. The van der Waals surface area contributed by atoms with Crippen molar-refractivity contribution in [2.24, 2.45) is 0 Å². The Bertz CT molecular complexity index is 397. The lowest BCUT2D eigenvalue weighted by molar-refractivity contribution is -0.385. The van der Waals surface area contributed by atoms with Crippen molar-refractivity contribution in [3.63, 3.8) is 0 Å². The minimum Gasteiger partial charge on any atom is -0.494 e. The number of ether oxygens (including phenoxy) is 1. The van der Waals surface area contributed by atoms with E-state index in [-0.39, 0.29) is 5.75 Å². The molecule has 1 aromatic heterocycles. The summed E-state index contributed by atoms with van der Waals surface area (Å²) >= 11 is 0. The number of hydrogen-bond acceptors (Lipinski definition) is 5. The fourth-order valence-electron chi connectivity index (χ4n) is 1.08. The van der Waals surface area contributed by atoms with E-state index in [1.807, 2.05) is 0 Å². The summed E-state index contributed by atoms with van der Waals surface area (Å²) in [7, 11) is 1.11. The van der Waals surface area contributed by atoms with E-state index in [4.69, 9.17) is 5.73 Å². The molecule has 0 aromatic carbocycles. The number of nitrogens with two attached hydrogens (primary N) is 1. The smallest absolute Gasteiger partial charge is 0.323 e. The Kier molecular flexibility index (Phi) is 2.98. The first-order chi connectivity index (χ1) is 6.99. The molecule has 0 radical (unpaired) electrons. The molecule has 8 heteroatoms. The fraction of sp³-hybridized carbons (Fsp3) is 0.286. The lowest BCUT2D eigenvalue weighted by Gasteiger charge is -2.08. The second-order valence-corrected chi connectivity index (χ2v) is 2.53. The number of rotatable bonds is 3. The van der Waals surface area contributed by atoms with E-state index in [1.54, 1.807) is 0 Å². The first kappa shape index (κ1) is 11.1. The molecule has 0 aliphatic heterocycles. The van der Waals surface area contributed by atoms with E-state index < -0.39 is 28.4 Å². The summed E-state index contributed by atoms with van der Waals surface area (Å²) in [6.45, 7) is 0. The van der Waals surface area contributed by atoms with E-state index in [9.17, 15) is 18.9 Å². The normalized spacial score (nSPS) is 10.4. The van der Waals surface area contributed by atoms with Gasteiger partial charge in [0.25, 0.3) is 6.43 Å². The molecule has 1 aromatic rings. The van der Waals surface area contributed by atoms with Gasteiger partial charge >= 0.3 is 5.69 Å². The van der Waals surface area contributed by atoms with Gasteiger partial charge in [-0.15, -0.1) is 0 Å². The van der Waals surface area contributed by atoms with Gasteiger partial charge in [-0.25, -0.2) is 13.8 Å². The van der Waals surface area contributed by atoms with Gasteiger partial charge in [-0.2, -0.15) is 0 Å². The van der Waals surface area contributed by atoms with E-state index >= 15 is 0 Å². The molecular weight excluding hydrogens is 212 g/mol. The molecule has 0 saturated heterocycles. The number of anilines is 1. The van der Waals surface area contributed by atoms with Gasteiger partial charge in [0.2, 0.25) is 5.82 Å². The third kappa shape index (κ3) is 1.92. The minimum absolute atomic E-state index is 0.356. The van der Waals surface area contributed by atoms with Crippen molar-refractivity contribution >= 4 is 11.5 Å². The molecule has 0 aliphatic rings.